The lowest BCUT2D eigenvalue weighted by molar-refractivity contribution is 0.0968. The van der Waals surface area contributed by atoms with E-state index in [4.69, 9.17) is 4.42 Å². The monoisotopic (exact) mass is 260 g/mol. The predicted octanol–water partition coefficient (Wildman–Crippen LogP) is 4.70. The van der Waals surface area contributed by atoms with Gasteiger partial charge in [0, 0.05) is 17.5 Å². The molecular formula is C18H12O2. The van der Waals surface area contributed by atoms with E-state index in [-0.39, 0.29) is 5.78 Å². The average Bonchev–Trinajstić information content (AvgIpc) is 2.92. The lowest BCUT2D eigenvalue weighted by Gasteiger charge is -2.03. The van der Waals surface area contributed by atoms with Crippen LogP contribution in [0.1, 0.15) is 22.5 Å². The first-order valence-electron chi connectivity index (χ1n) is 6.64. The first-order chi connectivity index (χ1) is 9.83. The minimum atomic E-state index is 0.0500. The SMILES string of the molecule is O=C1CC=Cc2cc(-c3cccc4ccccc34)oc21. The molecule has 1 aliphatic rings. The quantitative estimate of drug-likeness (QED) is 0.634. The number of carbonyl (C=O) groups is 1. The molecule has 0 N–H and O–H groups in total. The van der Waals surface area contributed by atoms with Crippen molar-refractivity contribution in [3.8, 4) is 11.3 Å². The highest BCUT2D eigenvalue weighted by Crippen LogP contribution is 2.33. The van der Waals surface area contributed by atoms with E-state index in [9.17, 15) is 4.79 Å². The maximum atomic E-state index is 11.8. The lowest BCUT2D eigenvalue weighted by Crippen LogP contribution is -2.00. The van der Waals surface area contributed by atoms with Gasteiger partial charge in [-0.3, -0.25) is 4.79 Å². The van der Waals surface area contributed by atoms with Gasteiger partial charge in [0.05, 0.1) is 0 Å². The molecule has 0 atom stereocenters. The molecule has 4 rings (SSSR count). The van der Waals surface area contributed by atoms with Crippen LogP contribution in [0.15, 0.2) is 59.0 Å². The Kier molecular flexibility index (Phi) is 2.36. The van der Waals surface area contributed by atoms with Gasteiger partial charge in [0.15, 0.2) is 5.76 Å². The Hall–Kier alpha value is -2.61. The highest BCUT2D eigenvalue weighted by molar-refractivity contribution is 6.02. The third-order valence-corrected chi connectivity index (χ3v) is 3.67. The zero-order valence-corrected chi connectivity index (χ0v) is 10.8. The van der Waals surface area contributed by atoms with E-state index in [0.717, 1.165) is 22.3 Å². The number of allylic oxidation sites excluding steroid dienone is 1. The number of benzene rings is 2. The molecule has 0 aliphatic heterocycles. The summed E-state index contributed by atoms with van der Waals surface area (Å²) >= 11 is 0. The Morgan fingerprint density at radius 3 is 2.75 bits per heavy atom. The van der Waals surface area contributed by atoms with Gasteiger partial charge >= 0.3 is 0 Å². The third-order valence-electron chi connectivity index (χ3n) is 3.67. The minimum Gasteiger partial charge on any atom is -0.452 e. The molecule has 0 fully saturated rings. The van der Waals surface area contributed by atoms with Crippen molar-refractivity contribution in [1.29, 1.82) is 0 Å². The summed E-state index contributed by atoms with van der Waals surface area (Å²) in [6.45, 7) is 0. The molecule has 1 heterocycles. The Labute approximate surface area is 116 Å². The van der Waals surface area contributed by atoms with E-state index in [0.29, 0.717) is 12.2 Å². The summed E-state index contributed by atoms with van der Waals surface area (Å²) in [5, 5.41) is 2.30. The third kappa shape index (κ3) is 1.62. The number of ketones is 1. The van der Waals surface area contributed by atoms with Gasteiger partial charge < -0.3 is 4.42 Å². The Morgan fingerprint density at radius 1 is 1.00 bits per heavy atom. The summed E-state index contributed by atoms with van der Waals surface area (Å²) in [6.07, 6.45) is 4.26. The van der Waals surface area contributed by atoms with Crippen LogP contribution in [-0.4, -0.2) is 5.78 Å². The molecule has 0 radical (unpaired) electrons. The predicted molar refractivity (Wildman–Crippen MR) is 79.6 cm³/mol. The van der Waals surface area contributed by atoms with Crippen LogP contribution >= 0.6 is 0 Å². The number of hydrogen-bond donors (Lipinski definition) is 0. The molecule has 1 aromatic heterocycles. The van der Waals surface area contributed by atoms with E-state index in [1.165, 1.54) is 5.39 Å². The molecule has 0 spiro atoms. The molecule has 0 saturated heterocycles. The molecule has 3 aromatic rings. The largest absolute Gasteiger partial charge is 0.452 e. The summed E-state index contributed by atoms with van der Waals surface area (Å²) in [5.41, 5.74) is 1.91. The molecule has 0 amide bonds. The lowest BCUT2D eigenvalue weighted by atomic mass is 10.0. The molecule has 96 valence electrons. The maximum Gasteiger partial charge on any atom is 0.202 e. The Morgan fingerprint density at radius 2 is 1.85 bits per heavy atom. The van der Waals surface area contributed by atoms with Gasteiger partial charge in [-0.15, -0.1) is 0 Å². The van der Waals surface area contributed by atoms with E-state index in [2.05, 4.69) is 18.2 Å². The number of carbonyl (C=O) groups excluding carboxylic acids is 1. The van der Waals surface area contributed by atoms with Gasteiger partial charge in [0.25, 0.3) is 0 Å². The highest BCUT2D eigenvalue weighted by Gasteiger charge is 2.20. The first kappa shape index (κ1) is 11.2. The van der Waals surface area contributed by atoms with E-state index in [1.807, 2.05) is 42.5 Å². The maximum absolute atomic E-state index is 11.8. The van der Waals surface area contributed by atoms with E-state index >= 15 is 0 Å². The van der Waals surface area contributed by atoms with E-state index in [1.54, 1.807) is 0 Å². The molecule has 2 heteroatoms. The fourth-order valence-corrected chi connectivity index (χ4v) is 2.71. The topological polar surface area (TPSA) is 30.2 Å². The van der Waals surface area contributed by atoms with Gasteiger partial charge in [0.1, 0.15) is 5.76 Å². The Balaban J connectivity index is 1.96. The molecule has 2 aromatic carbocycles. The molecule has 0 saturated carbocycles. The molecule has 2 nitrogen and oxygen atoms in total. The standard InChI is InChI=1S/C18H12O2/c19-16-10-4-7-13-11-17(20-18(13)16)15-9-3-6-12-5-1-2-8-14(12)15/h1-9,11H,10H2. The second kappa shape index (κ2) is 4.20. The van der Waals surface area contributed by atoms with Gasteiger partial charge in [0.2, 0.25) is 5.78 Å². The zero-order valence-electron chi connectivity index (χ0n) is 10.8. The molecule has 1 aliphatic carbocycles. The van der Waals surface area contributed by atoms with Crippen LogP contribution < -0.4 is 0 Å². The van der Waals surface area contributed by atoms with Gasteiger partial charge in [-0.05, 0) is 16.8 Å². The molecule has 20 heavy (non-hydrogen) atoms. The zero-order chi connectivity index (χ0) is 13.5. The van der Waals surface area contributed by atoms with Crippen LogP contribution in [0.5, 0.6) is 0 Å². The fraction of sp³-hybridized carbons (Fsp3) is 0.0556. The van der Waals surface area contributed by atoms with Crippen LogP contribution in [0.3, 0.4) is 0 Å². The van der Waals surface area contributed by atoms with Gasteiger partial charge in [-0.1, -0.05) is 54.6 Å². The van der Waals surface area contributed by atoms with Crippen molar-refractivity contribution in [1.82, 2.24) is 0 Å². The van der Waals surface area contributed by atoms with Crippen molar-refractivity contribution in [2.45, 2.75) is 6.42 Å². The second-order valence-electron chi connectivity index (χ2n) is 4.95. The number of fused-ring (bicyclic) bond motifs is 2. The number of furan rings is 1. The van der Waals surface area contributed by atoms with Crippen molar-refractivity contribution in [2.75, 3.05) is 0 Å². The van der Waals surface area contributed by atoms with Crippen LogP contribution in [0, 0.1) is 0 Å². The van der Waals surface area contributed by atoms with Crippen molar-refractivity contribution in [3.05, 3.63) is 65.9 Å². The van der Waals surface area contributed by atoms with Crippen LogP contribution in [0.25, 0.3) is 28.2 Å². The van der Waals surface area contributed by atoms with Gasteiger partial charge in [-0.2, -0.15) is 0 Å². The summed E-state index contributed by atoms with van der Waals surface area (Å²) in [6, 6.07) is 16.2. The average molecular weight is 260 g/mol. The van der Waals surface area contributed by atoms with Crippen molar-refractivity contribution >= 4 is 22.6 Å². The van der Waals surface area contributed by atoms with Crippen LogP contribution in [0.4, 0.5) is 0 Å². The Bertz CT molecular complexity index is 847. The normalized spacial score (nSPS) is 13.7. The van der Waals surface area contributed by atoms with Crippen molar-refractivity contribution in [2.24, 2.45) is 0 Å². The summed E-state index contributed by atoms with van der Waals surface area (Å²) in [5.74, 6) is 1.29. The number of Topliss-reactive ketones (excluding diaryl/α,β-unsaturated/α-hetero) is 1. The summed E-state index contributed by atoms with van der Waals surface area (Å²) < 4.78 is 5.81. The van der Waals surface area contributed by atoms with Crippen LogP contribution in [-0.2, 0) is 0 Å². The minimum absolute atomic E-state index is 0.0500. The van der Waals surface area contributed by atoms with E-state index < -0.39 is 0 Å². The second-order valence-corrected chi connectivity index (χ2v) is 4.95. The number of rotatable bonds is 1. The van der Waals surface area contributed by atoms with Crippen LogP contribution in [0.2, 0.25) is 0 Å². The van der Waals surface area contributed by atoms with Gasteiger partial charge in [-0.25, -0.2) is 0 Å². The van der Waals surface area contributed by atoms with Crippen molar-refractivity contribution in [3.63, 3.8) is 0 Å². The molecular weight excluding hydrogens is 248 g/mol. The highest BCUT2D eigenvalue weighted by atomic mass is 16.3. The fourth-order valence-electron chi connectivity index (χ4n) is 2.71. The first-order valence-corrected chi connectivity index (χ1v) is 6.64. The molecule has 0 bridgehead atoms. The van der Waals surface area contributed by atoms with Crippen molar-refractivity contribution < 1.29 is 9.21 Å². The summed E-state index contributed by atoms with van der Waals surface area (Å²) in [7, 11) is 0. The summed E-state index contributed by atoms with van der Waals surface area (Å²) in [4.78, 5) is 11.8. The smallest absolute Gasteiger partial charge is 0.202 e. The number of hydrogen-bond acceptors (Lipinski definition) is 2. The molecule has 0 unspecified atom stereocenters.